The number of ether oxygens (including phenoxy) is 1. The van der Waals surface area contributed by atoms with Crippen LogP contribution >= 0.6 is 0 Å². The van der Waals surface area contributed by atoms with Crippen molar-refractivity contribution in [3.63, 3.8) is 0 Å². The Morgan fingerprint density at radius 2 is 1.18 bits per heavy atom. The molecule has 0 bridgehead atoms. The Bertz CT molecular complexity index is 621. The number of amides is 2. The molecule has 0 saturated heterocycles. The highest BCUT2D eigenvalue weighted by molar-refractivity contribution is 6.21. The van der Waals surface area contributed by atoms with E-state index in [-0.39, 0.29) is 17.8 Å². The minimum atomic E-state index is -0.146. The third kappa shape index (κ3) is 6.77. The molecule has 0 N–H and O–H groups in total. The van der Waals surface area contributed by atoms with E-state index in [0.29, 0.717) is 24.1 Å². The summed E-state index contributed by atoms with van der Waals surface area (Å²) < 4.78 is 4.63. The number of benzene rings is 1. The van der Waals surface area contributed by atoms with Gasteiger partial charge in [0.25, 0.3) is 11.8 Å². The van der Waals surface area contributed by atoms with Gasteiger partial charge in [-0.1, -0.05) is 69.9 Å². The molecule has 1 heterocycles. The van der Waals surface area contributed by atoms with Crippen molar-refractivity contribution < 1.29 is 19.1 Å². The van der Waals surface area contributed by atoms with Crippen molar-refractivity contribution in [2.24, 2.45) is 0 Å². The predicted octanol–water partition coefficient (Wildman–Crippen LogP) is 5.14. The number of methoxy groups -OCH3 is 1. The van der Waals surface area contributed by atoms with Crippen LogP contribution in [0.5, 0.6) is 0 Å². The monoisotopic (exact) mass is 387 g/mol. The average Bonchev–Trinajstić information content (AvgIpc) is 2.96. The van der Waals surface area contributed by atoms with Gasteiger partial charge in [0.05, 0.1) is 18.2 Å². The maximum absolute atomic E-state index is 12.3. The Balaban J connectivity index is 1.42. The SMILES string of the molecule is COC(=O)CCCCCCCCCCCCCN1C(=O)c2ccccc2C1=O. The summed E-state index contributed by atoms with van der Waals surface area (Å²) in [5, 5.41) is 0. The van der Waals surface area contributed by atoms with Crippen LogP contribution in [0.4, 0.5) is 0 Å². The Morgan fingerprint density at radius 1 is 0.750 bits per heavy atom. The van der Waals surface area contributed by atoms with E-state index in [9.17, 15) is 14.4 Å². The molecule has 5 nitrogen and oxygen atoms in total. The summed E-state index contributed by atoms with van der Waals surface area (Å²) in [6.07, 6.45) is 13.1. The van der Waals surface area contributed by atoms with Crippen LogP contribution in [0.1, 0.15) is 97.8 Å². The molecule has 0 fully saturated rings. The largest absolute Gasteiger partial charge is 0.469 e. The van der Waals surface area contributed by atoms with E-state index in [4.69, 9.17) is 0 Å². The van der Waals surface area contributed by atoms with Crippen LogP contribution in [0.2, 0.25) is 0 Å². The highest BCUT2D eigenvalue weighted by atomic mass is 16.5. The molecule has 2 amide bonds. The number of nitrogens with zero attached hydrogens (tertiary/aromatic N) is 1. The standard InChI is InChI=1S/C23H33NO4/c1-28-21(25)17-11-9-7-5-3-2-4-6-8-10-14-18-24-22(26)19-15-12-13-16-20(19)23(24)27/h12-13,15-16H,2-11,14,17-18H2,1H3. The third-order valence-corrected chi connectivity index (χ3v) is 5.37. The van der Waals surface area contributed by atoms with Gasteiger partial charge in [0.15, 0.2) is 0 Å². The molecule has 5 heteroatoms. The van der Waals surface area contributed by atoms with Crippen molar-refractivity contribution in [3.8, 4) is 0 Å². The second-order valence-corrected chi connectivity index (χ2v) is 7.52. The van der Waals surface area contributed by atoms with E-state index >= 15 is 0 Å². The van der Waals surface area contributed by atoms with Gasteiger partial charge in [-0.15, -0.1) is 0 Å². The molecule has 0 saturated carbocycles. The lowest BCUT2D eigenvalue weighted by molar-refractivity contribution is -0.140. The maximum atomic E-state index is 12.3. The molecular weight excluding hydrogens is 354 g/mol. The second kappa shape index (κ2) is 12.3. The number of carbonyl (C=O) groups excluding carboxylic acids is 3. The Hall–Kier alpha value is -2.17. The summed E-state index contributed by atoms with van der Waals surface area (Å²) in [7, 11) is 1.44. The first-order chi connectivity index (χ1) is 13.6. The molecule has 0 atom stereocenters. The van der Waals surface area contributed by atoms with Gasteiger partial charge in [-0.3, -0.25) is 19.3 Å². The van der Waals surface area contributed by atoms with Crippen LogP contribution in [-0.4, -0.2) is 36.3 Å². The van der Waals surface area contributed by atoms with Gasteiger partial charge >= 0.3 is 5.97 Å². The first-order valence-corrected chi connectivity index (χ1v) is 10.7. The van der Waals surface area contributed by atoms with Gasteiger partial charge in [-0.05, 0) is 25.0 Å². The van der Waals surface area contributed by atoms with E-state index in [1.165, 1.54) is 50.5 Å². The zero-order chi connectivity index (χ0) is 20.2. The van der Waals surface area contributed by atoms with Crippen LogP contribution in [0, 0.1) is 0 Å². The molecule has 0 radical (unpaired) electrons. The first kappa shape index (κ1) is 22.1. The second-order valence-electron chi connectivity index (χ2n) is 7.52. The van der Waals surface area contributed by atoms with E-state index < -0.39 is 0 Å². The molecule has 1 aliphatic heterocycles. The molecule has 0 unspecified atom stereocenters. The number of carbonyl (C=O) groups is 3. The van der Waals surface area contributed by atoms with Crippen molar-refractivity contribution >= 4 is 17.8 Å². The summed E-state index contributed by atoms with van der Waals surface area (Å²) in [4.78, 5) is 36.9. The highest BCUT2D eigenvalue weighted by Gasteiger charge is 2.34. The molecule has 2 rings (SSSR count). The zero-order valence-electron chi connectivity index (χ0n) is 17.1. The summed E-state index contributed by atoms with van der Waals surface area (Å²) in [5.41, 5.74) is 1.08. The number of esters is 1. The van der Waals surface area contributed by atoms with Crippen LogP contribution in [0.25, 0.3) is 0 Å². The van der Waals surface area contributed by atoms with Crippen molar-refractivity contribution in [3.05, 3.63) is 35.4 Å². The summed E-state index contributed by atoms with van der Waals surface area (Å²) >= 11 is 0. The van der Waals surface area contributed by atoms with E-state index in [1.54, 1.807) is 24.3 Å². The van der Waals surface area contributed by atoms with E-state index in [0.717, 1.165) is 32.1 Å². The van der Waals surface area contributed by atoms with Crippen LogP contribution in [-0.2, 0) is 9.53 Å². The predicted molar refractivity (Wildman–Crippen MR) is 109 cm³/mol. The lowest BCUT2D eigenvalue weighted by Gasteiger charge is -2.13. The van der Waals surface area contributed by atoms with Gasteiger partial charge in [0.2, 0.25) is 0 Å². The Morgan fingerprint density at radius 3 is 1.64 bits per heavy atom. The average molecular weight is 388 g/mol. The minimum absolute atomic E-state index is 0.108. The van der Waals surface area contributed by atoms with E-state index in [2.05, 4.69) is 4.74 Å². The van der Waals surface area contributed by atoms with Crippen molar-refractivity contribution in [2.75, 3.05) is 13.7 Å². The van der Waals surface area contributed by atoms with Crippen LogP contribution < -0.4 is 0 Å². The molecule has 28 heavy (non-hydrogen) atoms. The summed E-state index contributed by atoms with van der Waals surface area (Å²) in [6, 6.07) is 7.06. The fourth-order valence-corrected chi connectivity index (χ4v) is 3.67. The Kier molecular flexibility index (Phi) is 9.73. The lowest BCUT2D eigenvalue weighted by atomic mass is 10.1. The third-order valence-electron chi connectivity index (χ3n) is 5.37. The smallest absolute Gasteiger partial charge is 0.305 e. The number of hydrogen-bond donors (Lipinski definition) is 0. The number of unbranched alkanes of at least 4 members (excludes halogenated alkanes) is 10. The normalized spacial score (nSPS) is 13.1. The number of hydrogen-bond acceptors (Lipinski definition) is 4. The highest BCUT2D eigenvalue weighted by Crippen LogP contribution is 2.23. The summed E-state index contributed by atoms with van der Waals surface area (Å²) in [5.74, 6) is -0.401. The maximum Gasteiger partial charge on any atom is 0.305 e. The van der Waals surface area contributed by atoms with Crippen LogP contribution in [0.3, 0.4) is 0 Å². The first-order valence-electron chi connectivity index (χ1n) is 10.7. The van der Waals surface area contributed by atoms with Gasteiger partial charge in [0, 0.05) is 13.0 Å². The van der Waals surface area contributed by atoms with Crippen molar-refractivity contribution in [1.29, 1.82) is 0 Å². The summed E-state index contributed by atoms with van der Waals surface area (Å²) in [6.45, 7) is 0.526. The molecular formula is C23H33NO4. The number of imide groups is 1. The molecule has 0 aliphatic carbocycles. The van der Waals surface area contributed by atoms with Gasteiger partial charge < -0.3 is 4.74 Å². The Labute approximate surface area is 168 Å². The fourth-order valence-electron chi connectivity index (χ4n) is 3.67. The van der Waals surface area contributed by atoms with Gasteiger partial charge in [0.1, 0.15) is 0 Å². The fraction of sp³-hybridized carbons (Fsp3) is 0.609. The molecule has 1 aliphatic rings. The molecule has 154 valence electrons. The zero-order valence-corrected chi connectivity index (χ0v) is 17.1. The van der Waals surface area contributed by atoms with Crippen LogP contribution in [0.15, 0.2) is 24.3 Å². The van der Waals surface area contributed by atoms with Crippen molar-refractivity contribution in [2.45, 2.75) is 77.0 Å². The lowest BCUT2D eigenvalue weighted by Crippen LogP contribution is -2.30. The number of rotatable bonds is 14. The van der Waals surface area contributed by atoms with E-state index in [1.807, 2.05) is 0 Å². The van der Waals surface area contributed by atoms with Gasteiger partial charge in [-0.25, -0.2) is 0 Å². The number of fused-ring (bicyclic) bond motifs is 1. The quantitative estimate of drug-likeness (QED) is 0.252. The molecule has 1 aromatic rings. The van der Waals surface area contributed by atoms with Crippen molar-refractivity contribution in [1.82, 2.24) is 4.90 Å². The molecule has 0 spiro atoms. The topological polar surface area (TPSA) is 63.7 Å². The minimum Gasteiger partial charge on any atom is -0.469 e. The molecule has 1 aromatic carbocycles. The molecule has 0 aromatic heterocycles. The van der Waals surface area contributed by atoms with Gasteiger partial charge in [-0.2, -0.15) is 0 Å².